The molecule has 0 aliphatic carbocycles. The molecule has 0 spiro atoms. The smallest absolute Gasteiger partial charge is 0.257 e. The van der Waals surface area contributed by atoms with Crippen LogP contribution in [0.1, 0.15) is 6.92 Å². The molecule has 0 radical (unpaired) electrons. The Labute approximate surface area is 110 Å². The Hall–Kier alpha value is -2.26. The van der Waals surface area contributed by atoms with Crippen LogP contribution in [0.4, 0.5) is 11.9 Å². The van der Waals surface area contributed by atoms with E-state index in [1.54, 1.807) is 18.5 Å². The van der Waals surface area contributed by atoms with Crippen molar-refractivity contribution in [3.05, 3.63) is 18.5 Å². The zero-order valence-electron chi connectivity index (χ0n) is 10.6. The monoisotopic (exact) mass is 264 g/mol. The van der Waals surface area contributed by atoms with Gasteiger partial charge in [0.1, 0.15) is 0 Å². The number of ether oxygens (including phenoxy) is 1. The number of nitrogens with two attached hydrogens (primary N) is 1. The van der Waals surface area contributed by atoms with Crippen LogP contribution in [0.15, 0.2) is 18.5 Å². The van der Waals surface area contributed by atoms with Gasteiger partial charge in [-0.05, 0) is 13.0 Å². The molecule has 0 aromatic carbocycles. The minimum absolute atomic E-state index is 0.263. The Morgan fingerprint density at radius 3 is 2.84 bits per heavy atom. The lowest BCUT2D eigenvalue weighted by Crippen LogP contribution is -2.17. The number of anilines is 2. The van der Waals surface area contributed by atoms with Crippen molar-refractivity contribution in [2.45, 2.75) is 6.92 Å². The van der Waals surface area contributed by atoms with E-state index in [1.807, 2.05) is 6.92 Å². The largest absolute Gasteiger partial charge is 0.380 e. The Kier molecular flexibility index (Phi) is 4.59. The van der Waals surface area contributed by atoms with E-state index in [-0.39, 0.29) is 5.95 Å². The van der Waals surface area contributed by atoms with Crippen LogP contribution in [-0.4, -0.2) is 44.5 Å². The fourth-order valence-corrected chi connectivity index (χ4v) is 1.38. The van der Waals surface area contributed by atoms with Gasteiger partial charge in [-0.3, -0.25) is 5.43 Å². The molecule has 9 nitrogen and oxygen atoms in total. The number of hydrogen-bond acceptors (Lipinski definition) is 8. The molecule has 102 valence electrons. The van der Waals surface area contributed by atoms with Crippen LogP contribution in [0.3, 0.4) is 0 Å². The van der Waals surface area contributed by atoms with Crippen molar-refractivity contribution in [3.63, 3.8) is 0 Å². The normalized spacial score (nSPS) is 10.4. The fraction of sp³-hybridized carbons (Fsp3) is 0.400. The van der Waals surface area contributed by atoms with E-state index in [1.165, 1.54) is 4.68 Å². The zero-order chi connectivity index (χ0) is 13.5. The van der Waals surface area contributed by atoms with Gasteiger partial charge in [-0.15, -0.1) is 0 Å². The van der Waals surface area contributed by atoms with Crippen LogP contribution >= 0.6 is 0 Å². The first kappa shape index (κ1) is 13.2. The maximum Gasteiger partial charge on any atom is 0.257 e. The van der Waals surface area contributed by atoms with Gasteiger partial charge in [0.15, 0.2) is 0 Å². The Morgan fingerprint density at radius 1 is 1.32 bits per heavy atom. The molecule has 2 heterocycles. The molecule has 9 heteroatoms. The molecular formula is C10H16N8O. The molecule has 0 amide bonds. The van der Waals surface area contributed by atoms with Crippen LogP contribution in [-0.2, 0) is 4.74 Å². The van der Waals surface area contributed by atoms with E-state index in [0.29, 0.717) is 31.7 Å². The molecule has 19 heavy (non-hydrogen) atoms. The van der Waals surface area contributed by atoms with Gasteiger partial charge in [-0.1, -0.05) is 0 Å². The summed E-state index contributed by atoms with van der Waals surface area (Å²) >= 11 is 0. The number of aromatic nitrogens is 5. The van der Waals surface area contributed by atoms with Crippen LogP contribution < -0.4 is 16.6 Å². The van der Waals surface area contributed by atoms with Crippen molar-refractivity contribution in [1.82, 2.24) is 24.7 Å². The van der Waals surface area contributed by atoms with Gasteiger partial charge in [0, 0.05) is 25.5 Å². The van der Waals surface area contributed by atoms with E-state index < -0.39 is 0 Å². The summed E-state index contributed by atoms with van der Waals surface area (Å²) in [6, 6.07) is 1.78. The highest BCUT2D eigenvalue weighted by atomic mass is 16.5. The van der Waals surface area contributed by atoms with Crippen molar-refractivity contribution in [2.24, 2.45) is 5.84 Å². The van der Waals surface area contributed by atoms with Gasteiger partial charge in [-0.2, -0.15) is 20.1 Å². The van der Waals surface area contributed by atoms with Gasteiger partial charge in [0.05, 0.1) is 6.61 Å². The third-order valence-corrected chi connectivity index (χ3v) is 2.20. The molecule has 2 aromatic rings. The van der Waals surface area contributed by atoms with E-state index in [0.717, 1.165) is 0 Å². The summed E-state index contributed by atoms with van der Waals surface area (Å²) in [7, 11) is 0. The van der Waals surface area contributed by atoms with Crippen molar-refractivity contribution in [2.75, 3.05) is 30.5 Å². The standard InChI is InChI=1S/C10H16N8O/c1-2-19-7-5-12-8-14-9(17-11)16-10(15-8)18-6-3-4-13-18/h3-4,6H,2,5,7,11H2,1H3,(H2,12,14,15,16,17). The minimum Gasteiger partial charge on any atom is -0.380 e. The second-order valence-electron chi connectivity index (χ2n) is 3.50. The minimum atomic E-state index is 0.263. The highest BCUT2D eigenvalue weighted by Crippen LogP contribution is 2.07. The Morgan fingerprint density at radius 2 is 2.16 bits per heavy atom. The predicted octanol–water partition coefficient (Wildman–Crippen LogP) is -0.209. The Bertz CT molecular complexity index is 500. The summed E-state index contributed by atoms with van der Waals surface area (Å²) in [5.74, 6) is 6.39. The third kappa shape index (κ3) is 3.60. The second-order valence-corrected chi connectivity index (χ2v) is 3.50. The molecule has 0 aliphatic heterocycles. The predicted molar refractivity (Wildman–Crippen MR) is 69.7 cm³/mol. The quantitative estimate of drug-likeness (QED) is 0.357. The fourth-order valence-electron chi connectivity index (χ4n) is 1.38. The molecule has 2 rings (SSSR count). The molecule has 0 unspecified atom stereocenters. The second kappa shape index (κ2) is 6.61. The topological polar surface area (TPSA) is 116 Å². The van der Waals surface area contributed by atoms with Crippen LogP contribution in [0, 0.1) is 0 Å². The van der Waals surface area contributed by atoms with Crippen molar-refractivity contribution < 1.29 is 4.74 Å². The molecule has 0 saturated heterocycles. The van der Waals surface area contributed by atoms with E-state index in [4.69, 9.17) is 10.6 Å². The number of hydrazine groups is 1. The van der Waals surface area contributed by atoms with Crippen molar-refractivity contribution >= 4 is 11.9 Å². The molecule has 0 bridgehead atoms. The molecular weight excluding hydrogens is 248 g/mol. The summed E-state index contributed by atoms with van der Waals surface area (Å²) in [4.78, 5) is 12.4. The SMILES string of the molecule is CCOCCNc1nc(NN)nc(-n2cccn2)n1. The average Bonchev–Trinajstić information content (AvgIpc) is 2.97. The molecule has 2 aromatic heterocycles. The van der Waals surface area contributed by atoms with Gasteiger partial charge in [0.2, 0.25) is 11.9 Å². The molecule has 0 atom stereocenters. The highest BCUT2D eigenvalue weighted by molar-refractivity contribution is 5.36. The van der Waals surface area contributed by atoms with Crippen molar-refractivity contribution in [3.8, 4) is 5.95 Å². The van der Waals surface area contributed by atoms with Crippen LogP contribution in [0.25, 0.3) is 5.95 Å². The number of nitrogens with one attached hydrogen (secondary N) is 2. The molecule has 0 fully saturated rings. The number of nitrogens with zero attached hydrogens (tertiary/aromatic N) is 5. The van der Waals surface area contributed by atoms with Crippen molar-refractivity contribution in [1.29, 1.82) is 0 Å². The Balaban J connectivity index is 2.12. The third-order valence-electron chi connectivity index (χ3n) is 2.20. The lowest BCUT2D eigenvalue weighted by molar-refractivity contribution is 0.158. The summed E-state index contributed by atoms with van der Waals surface area (Å²) < 4.78 is 6.75. The first-order valence-electron chi connectivity index (χ1n) is 5.87. The molecule has 0 saturated carbocycles. The van der Waals surface area contributed by atoms with Gasteiger partial charge in [0.25, 0.3) is 5.95 Å². The summed E-state index contributed by atoms with van der Waals surface area (Å²) in [5.41, 5.74) is 2.40. The van der Waals surface area contributed by atoms with E-state index >= 15 is 0 Å². The summed E-state index contributed by atoms with van der Waals surface area (Å²) in [6.07, 6.45) is 3.38. The van der Waals surface area contributed by atoms with Gasteiger partial charge >= 0.3 is 0 Å². The molecule has 0 aliphatic rings. The zero-order valence-corrected chi connectivity index (χ0v) is 10.6. The maximum absolute atomic E-state index is 5.33. The van der Waals surface area contributed by atoms with Gasteiger partial charge in [-0.25, -0.2) is 10.5 Å². The first-order chi connectivity index (χ1) is 9.33. The van der Waals surface area contributed by atoms with E-state index in [9.17, 15) is 0 Å². The van der Waals surface area contributed by atoms with Gasteiger partial charge < -0.3 is 10.1 Å². The number of rotatable bonds is 7. The number of hydrogen-bond donors (Lipinski definition) is 3. The maximum atomic E-state index is 5.33. The number of nitrogen functional groups attached to an aromatic ring is 1. The average molecular weight is 264 g/mol. The summed E-state index contributed by atoms with van der Waals surface area (Å²) in [6.45, 7) is 3.79. The lowest BCUT2D eigenvalue weighted by atomic mass is 10.6. The van der Waals surface area contributed by atoms with Crippen LogP contribution in [0.2, 0.25) is 0 Å². The van der Waals surface area contributed by atoms with Crippen LogP contribution in [0.5, 0.6) is 0 Å². The van der Waals surface area contributed by atoms with E-state index in [2.05, 4.69) is 30.8 Å². The highest BCUT2D eigenvalue weighted by Gasteiger charge is 2.07. The lowest BCUT2D eigenvalue weighted by Gasteiger charge is -2.08. The summed E-state index contributed by atoms with van der Waals surface area (Å²) in [5, 5.41) is 7.09. The first-order valence-corrected chi connectivity index (χ1v) is 5.87. The molecule has 4 N–H and O–H groups in total.